The summed E-state index contributed by atoms with van der Waals surface area (Å²) in [7, 11) is -2.03. The van der Waals surface area contributed by atoms with Crippen LogP contribution in [0.15, 0.2) is 39.6 Å². The summed E-state index contributed by atoms with van der Waals surface area (Å²) < 4.78 is 32.1. The molecule has 0 radical (unpaired) electrons. The van der Waals surface area contributed by atoms with Crippen molar-refractivity contribution in [1.29, 1.82) is 0 Å². The molecule has 1 aromatic heterocycles. The van der Waals surface area contributed by atoms with E-state index in [1.165, 1.54) is 4.31 Å². The summed E-state index contributed by atoms with van der Waals surface area (Å²) >= 11 is 0. The van der Waals surface area contributed by atoms with Crippen LogP contribution in [-0.2, 0) is 23.1 Å². The molecular formula is C15H20N2O3S. The zero-order chi connectivity index (χ0) is 15.6. The van der Waals surface area contributed by atoms with E-state index in [0.29, 0.717) is 17.9 Å². The van der Waals surface area contributed by atoms with Crippen molar-refractivity contribution in [2.24, 2.45) is 5.73 Å². The van der Waals surface area contributed by atoms with Crippen molar-refractivity contribution < 1.29 is 12.8 Å². The summed E-state index contributed by atoms with van der Waals surface area (Å²) in [5.41, 5.74) is 7.17. The van der Waals surface area contributed by atoms with Gasteiger partial charge in [0.15, 0.2) is 0 Å². The molecule has 5 nitrogen and oxygen atoms in total. The Morgan fingerprint density at radius 2 is 1.90 bits per heavy atom. The van der Waals surface area contributed by atoms with Crippen LogP contribution < -0.4 is 5.73 Å². The Morgan fingerprint density at radius 3 is 2.48 bits per heavy atom. The minimum absolute atomic E-state index is 0.197. The number of nitrogens with two attached hydrogens (primary N) is 1. The third-order valence-corrected chi connectivity index (χ3v) is 5.43. The van der Waals surface area contributed by atoms with E-state index in [4.69, 9.17) is 10.2 Å². The molecule has 2 N–H and O–H groups in total. The van der Waals surface area contributed by atoms with Gasteiger partial charge in [0, 0.05) is 13.6 Å². The number of hydrogen-bond donors (Lipinski definition) is 1. The van der Waals surface area contributed by atoms with E-state index < -0.39 is 10.0 Å². The Hall–Kier alpha value is -1.63. The third-order valence-electron chi connectivity index (χ3n) is 3.48. The predicted octanol–water partition coefficient (Wildman–Crippen LogP) is 2.18. The van der Waals surface area contributed by atoms with Gasteiger partial charge in [-0.05, 0) is 43.2 Å². The van der Waals surface area contributed by atoms with Crippen molar-refractivity contribution >= 4 is 10.0 Å². The molecule has 0 bridgehead atoms. The molecule has 114 valence electrons. The van der Waals surface area contributed by atoms with Crippen LogP contribution in [0.2, 0.25) is 0 Å². The van der Waals surface area contributed by atoms with E-state index >= 15 is 0 Å². The molecule has 21 heavy (non-hydrogen) atoms. The zero-order valence-corrected chi connectivity index (χ0v) is 13.3. The average molecular weight is 308 g/mol. The number of furan rings is 1. The largest absolute Gasteiger partial charge is 0.465 e. The highest BCUT2D eigenvalue weighted by Gasteiger charge is 2.24. The van der Waals surface area contributed by atoms with Gasteiger partial charge in [-0.2, -0.15) is 4.31 Å². The summed E-state index contributed by atoms with van der Waals surface area (Å²) in [5, 5.41) is 0. The molecule has 0 saturated heterocycles. The van der Waals surface area contributed by atoms with E-state index in [1.807, 2.05) is 19.1 Å². The first-order valence-electron chi connectivity index (χ1n) is 6.66. The SMILES string of the molecule is Cc1ccc(CN(C)S(=O)(=O)c2cccc(CN)c2C)o1. The Bertz CT molecular complexity index is 735. The normalized spacial score (nSPS) is 12.0. The predicted molar refractivity (Wildman–Crippen MR) is 81.2 cm³/mol. The van der Waals surface area contributed by atoms with Gasteiger partial charge in [-0.3, -0.25) is 0 Å². The molecule has 6 heteroatoms. The highest BCUT2D eigenvalue weighted by molar-refractivity contribution is 7.89. The van der Waals surface area contributed by atoms with E-state index in [2.05, 4.69) is 0 Å². The van der Waals surface area contributed by atoms with Crippen LogP contribution in [-0.4, -0.2) is 19.8 Å². The van der Waals surface area contributed by atoms with Gasteiger partial charge in [0.2, 0.25) is 10.0 Å². The highest BCUT2D eigenvalue weighted by Crippen LogP contribution is 2.23. The average Bonchev–Trinajstić information content (AvgIpc) is 2.84. The Kier molecular flexibility index (Phi) is 4.51. The van der Waals surface area contributed by atoms with E-state index in [0.717, 1.165) is 11.3 Å². The molecule has 0 unspecified atom stereocenters. The minimum atomic E-state index is -3.57. The molecule has 0 saturated carbocycles. The van der Waals surface area contributed by atoms with Crippen molar-refractivity contribution in [2.75, 3.05) is 7.05 Å². The van der Waals surface area contributed by atoms with Crippen molar-refractivity contribution in [1.82, 2.24) is 4.31 Å². The summed E-state index contributed by atoms with van der Waals surface area (Å²) in [6.45, 7) is 4.12. The minimum Gasteiger partial charge on any atom is -0.465 e. The maximum absolute atomic E-state index is 12.7. The van der Waals surface area contributed by atoms with Crippen LogP contribution in [0.1, 0.15) is 22.6 Å². The first-order valence-corrected chi connectivity index (χ1v) is 8.10. The number of hydrogen-bond acceptors (Lipinski definition) is 4. The molecule has 1 aromatic carbocycles. The fourth-order valence-electron chi connectivity index (χ4n) is 2.20. The van der Waals surface area contributed by atoms with Gasteiger partial charge in [-0.25, -0.2) is 8.42 Å². The van der Waals surface area contributed by atoms with Crippen LogP contribution in [0.25, 0.3) is 0 Å². The maximum atomic E-state index is 12.7. The summed E-state index contributed by atoms with van der Waals surface area (Å²) in [5.74, 6) is 1.38. The molecule has 0 spiro atoms. The summed E-state index contributed by atoms with van der Waals surface area (Å²) in [6.07, 6.45) is 0. The van der Waals surface area contributed by atoms with Crippen LogP contribution in [0.4, 0.5) is 0 Å². The topological polar surface area (TPSA) is 76.5 Å². The molecule has 0 aliphatic carbocycles. The van der Waals surface area contributed by atoms with Crippen LogP contribution in [0.3, 0.4) is 0 Å². The Balaban J connectivity index is 2.33. The van der Waals surface area contributed by atoms with Crippen molar-refractivity contribution in [3.05, 3.63) is 53.0 Å². The zero-order valence-electron chi connectivity index (χ0n) is 12.5. The van der Waals surface area contributed by atoms with Gasteiger partial charge < -0.3 is 10.2 Å². The van der Waals surface area contributed by atoms with E-state index in [-0.39, 0.29) is 11.4 Å². The van der Waals surface area contributed by atoms with Gasteiger partial charge in [0.25, 0.3) is 0 Å². The molecule has 1 heterocycles. The monoisotopic (exact) mass is 308 g/mol. The van der Waals surface area contributed by atoms with Gasteiger partial charge in [-0.1, -0.05) is 12.1 Å². The fourth-order valence-corrected chi connectivity index (χ4v) is 3.60. The lowest BCUT2D eigenvalue weighted by Crippen LogP contribution is -2.27. The Morgan fingerprint density at radius 1 is 1.19 bits per heavy atom. The summed E-state index contributed by atoms with van der Waals surface area (Å²) in [6, 6.07) is 8.76. The van der Waals surface area contributed by atoms with Crippen LogP contribution in [0.5, 0.6) is 0 Å². The van der Waals surface area contributed by atoms with Crippen LogP contribution >= 0.6 is 0 Å². The lowest BCUT2D eigenvalue weighted by molar-refractivity contribution is 0.397. The number of nitrogens with zero attached hydrogens (tertiary/aromatic N) is 1. The molecule has 2 aromatic rings. The van der Waals surface area contributed by atoms with Gasteiger partial charge in [-0.15, -0.1) is 0 Å². The third kappa shape index (κ3) is 3.18. The Labute approximate surface area is 125 Å². The van der Waals surface area contributed by atoms with Crippen LogP contribution in [0, 0.1) is 13.8 Å². The molecule has 0 amide bonds. The van der Waals surface area contributed by atoms with Gasteiger partial charge in [0.05, 0.1) is 11.4 Å². The number of benzene rings is 1. The quantitative estimate of drug-likeness (QED) is 0.918. The van der Waals surface area contributed by atoms with E-state index in [9.17, 15) is 8.42 Å². The fraction of sp³-hybridized carbons (Fsp3) is 0.333. The van der Waals surface area contributed by atoms with Gasteiger partial charge >= 0.3 is 0 Å². The van der Waals surface area contributed by atoms with Crippen molar-refractivity contribution in [3.63, 3.8) is 0 Å². The standard InChI is InChI=1S/C15H20N2O3S/c1-11-7-8-14(20-11)10-17(3)21(18,19)15-6-4-5-13(9-16)12(15)2/h4-8H,9-10,16H2,1-3H3. The van der Waals surface area contributed by atoms with E-state index in [1.54, 1.807) is 32.2 Å². The summed E-state index contributed by atoms with van der Waals surface area (Å²) in [4.78, 5) is 0.288. The van der Waals surface area contributed by atoms with Crippen molar-refractivity contribution in [3.8, 4) is 0 Å². The lowest BCUT2D eigenvalue weighted by Gasteiger charge is -2.18. The number of rotatable bonds is 5. The first-order chi connectivity index (χ1) is 9.86. The molecule has 0 fully saturated rings. The molecule has 2 rings (SSSR count). The highest BCUT2D eigenvalue weighted by atomic mass is 32.2. The smallest absolute Gasteiger partial charge is 0.243 e. The molecule has 0 atom stereocenters. The molecule has 0 aliphatic rings. The maximum Gasteiger partial charge on any atom is 0.243 e. The second-order valence-electron chi connectivity index (χ2n) is 5.02. The number of sulfonamides is 1. The molecule has 0 aliphatic heterocycles. The first kappa shape index (κ1) is 15.8. The second kappa shape index (κ2) is 6.01. The lowest BCUT2D eigenvalue weighted by atomic mass is 10.1. The molecular weight excluding hydrogens is 288 g/mol. The number of aryl methyl sites for hydroxylation is 1. The van der Waals surface area contributed by atoms with Crippen molar-refractivity contribution in [2.45, 2.75) is 31.8 Å². The second-order valence-corrected chi connectivity index (χ2v) is 7.03. The van der Waals surface area contributed by atoms with Gasteiger partial charge in [0.1, 0.15) is 11.5 Å².